The summed E-state index contributed by atoms with van der Waals surface area (Å²) in [7, 11) is 0. The topological polar surface area (TPSA) is 62.2 Å². The van der Waals surface area contributed by atoms with Gasteiger partial charge >= 0.3 is 0 Å². The highest BCUT2D eigenvalue weighted by Gasteiger charge is 1.97. The van der Waals surface area contributed by atoms with Crippen LogP contribution in [0.5, 0.6) is 0 Å². The van der Waals surface area contributed by atoms with Gasteiger partial charge in [0, 0.05) is 12.3 Å². The van der Waals surface area contributed by atoms with Gasteiger partial charge in [-0.2, -0.15) is 5.26 Å². The predicted octanol–water partition coefficient (Wildman–Crippen LogP) is 3.03. The second-order valence-electron chi connectivity index (χ2n) is 4.10. The van der Waals surface area contributed by atoms with Gasteiger partial charge in [-0.25, -0.2) is 0 Å². The Morgan fingerprint density at radius 1 is 1.50 bits per heavy atom. The van der Waals surface area contributed by atoms with E-state index in [0.29, 0.717) is 5.84 Å². The Kier molecular flexibility index (Phi) is 8.24. The first kappa shape index (κ1) is 14.7. The molecule has 16 heavy (non-hydrogen) atoms. The number of nitrogens with zero attached hydrogens (tertiary/aromatic N) is 2. The van der Waals surface area contributed by atoms with Crippen molar-refractivity contribution in [3.8, 4) is 6.07 Å². The first-order valence-corrected chi connectivity index (χ1v) is 5.98. The van der Waals surface area contributed by atoms with E-state index < -0.39 is 0 Å². The molecule has 0 aromatic rings. The van der Waals surface area contributed by atoms with Crippen molar-refractivity contribution in [2.45, 2.75) is 52.5 Å². The smallest absolute Gasteiger partial charge is 0.0941 e. The minimum Gasteiger partial charge on any atom is -0.387 e. The summed E-state index contributed by atoms with van der Waals surface area (Å²) in [6.07, 6.45) is 8.04. The molecule has 0 aliphatic heterocycles. The molecule has 0 bridgehead atoms. The van der Waals surface area contributed by atoms with Gasteiger partial charge in [0.25, 0.3) is 0 Å². The Hall–Kier alpha value is -1.30. The summed E-state index contributed by atoms with van der Waals surface area (Å²) in [5.41, 5.74) is 5.64. The molecule has 90 valence electrons. The minimum atomic E-state index is 0.161. The third-order valence-corrected chi connectivity index (χ3v) is 2.37. The molecule has 0 spiro atoms. The number of allylic oxidation sites excluding steroid dienone is 1. The van der Waals surface area contributed by atoms with E-state index >= 15 is 0 Å². The van der Waals surface area contributed by atoms with Gasteiger partial charge in [0.1, 0.15) is 0 Å². The van der Waals surface area contributed by atoms with Crippen LogP contribution in [0.25, 0.3) is 0 Å². The summed E-state index contributed by atoms with van der Waals surface area (Å²) >= 11 is 0. The molecule has 2 N–H and O–H groups in total. The van der Waals surface area contributed by atoms with Crippen LogP contribution < -0.4 is 5.73 Å². The molecular formula is C13H23N3. The summed E-state index contributed by atoms with van der Waals surface area (Å²) in [6.45, 7) is 5.98. The lowest BCUT2D eigenvalue weighted by molar-refractivity contribution is 0.622. The molecule has 0 aliphatic carbocycles. The number of rotatable bonds is 7. The maximum atomic E-state index is 8.61. The van der Waals surface area contributed by atoms with Gasteiger partial charge in [0.05, 0.1) is 17.9 Å². The van der Waals surface area contributed by atoms with Crippen molar-refractivity contribution in [2.24, 2.45) is 16.6 Å². The van der Waals surface area contributed by atoms with Crippen LogP contribution in [0.1, 0.15) is 46.5 Å². The van der Waals surface area contributed by atoms with Gasteiger partial charge in [0.2, 0.25) is 0 Å². The Bertz CT molecular complexity index is 273. The fourth-order valence-electron chi connectivity index (χ4n) is 1.30. The molecule has 0 rings (SSSR count). The lowest BCUT2D eigenvalue weighted by atomic mass is 10.1. The lowest BCUT2D eigenvalue weighted by Crippen LogP contribution is -2.12. The van der Waals surface area contributed by atoms with E-state index in [-0.39, 0.29) is 12.0 Å². The fourth-order valence-corrected chi connectivity index (χ4v) is 1.30. The number of amidine groups is 1. The number of unbranched alkanes of at least 4 members (excludes halogenated alkanes) is 1. The van der Waals surface area contributed by atoms with Crippen LogP contribution in [-0.4, -0.2) is 11.9 Å². The zero-order valence-corrected chi connectivity index (χ0v) is 10.6. The van der Waals surface area contributed by atoms with E-state index in [9.17, 15) is 0 Å². The zero-order valence-electron chi connectivity index (χ0n) is 10.6. The lowest BCUT2D eigenvalue weighted by Gasteiger charge is -2.02. The maximum Gasteiger partial charge on any atom is 0.0941 e. The Balaban J connectivity index is 3.73. The van der Waals surface area contributed by atoms with Crippen LogP contribution in [0.2, 0.25) is 0 Å². The molecule has 0 aromatic carbocycles. The maximum absolute atomic E-state index is 8.61. The fraction of sp³-hybridized carbons (Fsp3) is 0.692. The molecule has 3 nitrogen and oxygen atoms in total. The first-order valence-electron chi connectivity index (χ1n) is 5.98. The number of hydrogen-bond donors (Lipinski definition) is 1. The number of hydrogen-bond acceptors (Lipinski definition) is 2. The van der Waals surface area contributed by atoms with E-state index in [1.54, 1.807) is 0 Å². The summed E-state index contributed by atoms with van der Waals surface area (Å²) < 4.78 is 0. The third-order valence-electron chi connectivity index (χ3n) is 2.37. The molecule has 0 aromatic heterocycles. The molecule has 0 aliphatic rings. The molecule has 2 atom stereocenters. The van der Waals surface area contributed by atoms with Crippen molar-refractivity contribution in [3.63, 3.8) is 0 Å². The van der Waals surface area contributed by atoms with Crippen molar-refractivity contribution in [1.82, 2.24) is 0 Å². The number of aliphatic imine (C=N–C) groups is 1. The van der Waals surface area contributed by atoms with Crippen molar-refractivity contribution in [2.75, 3.05) is 0 Å². The van der Waals surface area contributed by atoms with Crippen LogP contribution in [0.15, 0.2) is 17.1 Å². The van der Waals surface area contributed by atoms with Gasteiger partial charge in [-0.1, -0.05) is 19.1 Å². The van der Waals surface area contributed by atoms with Crippen molar-refractivity contribution in [3.05, 3.63) is 12.2 Å². The third kappa shape index (κ3) is 8.05. The molecule has 0 fully saturated rings. The second kappa shape index (κ2) is 8.96. The molecule has 0 saturated heterocycles. The van der Waals surface area contributed by atoms with E-state index in [1.807, 2.05) is 20.8 Å². The number of nitriles is 1. The minimum absolute atomic E-state index is 0.161. The number of nitrogens with two attached hydrogens (primary N) is 1. The van der Waals surface area contributed by atoms with Crippen molar-refractivity contribution < 1.29 is 0 Å². The van der Waals surface area contributed by atoms with Crippen LogP contribution in [-0.2, 0) is 0 Å². The highest BCUT2D eigenvalue weighted by Crippen LogP contribution is 2.07. The molecule has 0 saturated carbocycles. The van der Waals surface area contributed by atoms with Gasteiger partial charge in [0.15, 0.2) is 0 Å². The van der Waals surface area contributed by atoms with Gasteiger partial charge < -0.3 is 5.73 Å². The van der Waals surface area contributed by atoms with Gasteiger partial charge in [-0.3, -0.25) is 4.99 Å². The van der Waals surface area contributed by atoms with E-state index in [2.05, 4.69) is 23.2 Å². The summed E-state index contributed by atoms with van der Waals surface area (Å²) in [5.74, 6) is 0.870. The molecular weight excluding hydrogens is 198 g/mol. The monoisotopic (exact) mass is 221 g/mol. The summed E-state index contributed by atoms with van der Waals surface area (Å²) in [5, 5.41) is 8.61. The van der Waals surface area contributed by atoms with Crippen molar-refractivity contribution in [1.29, 1.82) is 5.26 Å². The molecule has 0 heterocycles. The van der Waals surface area contributed by atoms with Crippen LogP contribution in [0.4, 0.5) is 0 Å². The standard InChI is InChI=1S/C13H23N3/c1-4-13(15)16-12(3)9-7-5-6-8-11(2)10-14/h7,9,11-12H,4-6,8H2,1-3H3,(H2,15,16). The van der Waals surface area contributed by atoms with Crippen molar-refractivity contribution >= 4 is 5.84 Å². The second-order valence-corrected chi connectivity index (χ2v) is 4.10. The average Bonchev–Trinajstić information content (AvgIpc) is 2.27. The largest absolute Gasteiger partial charge is 0.387 e. The first-order chi connectivity index (χ1) is 7.60. The molecule has 3 heteroatoms. The van der Waals surface area contributed by atoms with E-state index in [4.69, 9.17) is 11.0 Å². The predicted molar refractivity (Wildman–Crippen MR) is 69.1 cm³/mol. The van der Waals surface area contributed by atoms with Crippen LogP contribution in [0, 0.1) is 17.2 Å². The summed E-state index contributed by atoms with van der Waals surface area (Å²) in [4.78, 5) is 4.30. The van der Waals surface area contributed by atoms with E-state index in [0.717, 1.165) is 25.7 Å². The Morgan fingerprint density at radius 3 is 2.75 bits per heavy atom. The van der Waals surface area contributed by atoms with Crippen LogP contribution in [0.3, 0.4) is 0 Å². The van der Waals surface area contributed by atoms with E-state index in [1.165, 1.54) is 0 Å². The highest BCUT2D eigenvalue weighted by molar-refractivity contribution is 5.80. The zero-order chi connectivity index (χ0) is 12.4. The highest BCUT2D eigenvalue weighted by atomic mass is 14.9. The summed E-state index contributed by atoms with van der Waals surface area (Å²) in [6, 6.07) is 2.40. The molecule has 2 unspecified atom stereocenters. The van der Waals surface area contributed by atoms with Crippen LogP contribution >= 0.6 is 0 Å². The quantitative estimate of drug-likeness (QED) is 0.311. The average molecular weight is 221 g/mol. The Labute approximate surface area is 99.1 Å². The van der Waals surface area contributed by atoms with Gasteiger partial charge in [-0.15, -0.1) is 0 Å². The molecule has 0 radical (unpaired) electrons. The normalized spacial score (nSPS) is 16.0. The SMILES string of the molecule is CCC(N)=NC(C)C=CCCCC(C)C#N. The molecule has 0 amide bonds. The van der Waals surface area contributed by atoms with Gasteiger partial charge in [-0.05, 0) is 33.1 Å². The Morgan fingerprint density at radius 2 is 2.19 bits per heavy atom.